The van der Waals surface area contributed by atoms with Crippen LogP contribution in [-0.2, 0) is 0 Å². The minimum atomic E-state index is -0.596. The van der Waals surface area contributed by atoms with Crippen molar-refractivity contribution in [3.63, 3.8) is 0 Å². The van der Waals surface area contributed by atoms with Crippen molar-refractivity contribution in [2.45, 2.75) is 31.2 Å². The summed E-state index contributed by atoms with van der Waals surface area (Å²) in [5, 5.41) is 9.01. The van der Waals surface area contributed by atoms with E-state index < -0.39 is 5.76 Å². The van der Waals surface area contributed by atoms with Gasteiger partial charge in [-0.3, -0.25) is 14.3 Å². The molecule has 0 aliphatic heterocycles. The van der Waals surface area contributed by atoms with Gasteiger partial charge >= 0.3 is 5.76 Å². The van der Waals surface area contributed by atoms with E-state index in [0.717, 1.165) is 19.3 Å². The van der Waals surface area contributed by atoms with Crippen LogP contribution in [0.2, 0.25) is 0 Å². The highest BCUT2D eigenvalue weighted by Crippen LogP contribution is 2.33. The van der Waals surface area contributed by atoms with Crippen LogP contribution in [0.5, 0.6) is 0 Å². The number of rotatable bonds is 3. The van der Waals surface area contributed by atoms with Crippen molar-refractivity contribution in [2.24, 2.45) is 0 Å². The van der Waals surface area contributed by atoms with E-state index in [4.69, 9.17) is 0 Å². The van der Waals surface area contributed by atoms with Crippen LogP contribution in [0.3, 0.4) is 0 Å². The molecule has 2 heterocycles. The second kappa shape index (κ2) is 5.86. The molecule has 8 heteroatoms. The Morgan fingerprint density at radius 3 is 3.08 bits per heavy atom. The number of carbonyl (C=O) groups is 1. The first-order valence-corrected chi connectivity index (χ1v) is 8.54. The lowest BCUT2D eigenvalue weighted by molar-refractivity contribution is 0.0936. The molecule has 1 aliphatic carbocycles. The molecular weight excluding hydrogens is 333 g/mol. The molecule has 0 radical (unpaired) electrons. The van der Waals surface area contributed by atoms with Gasteiger partial charge < -0.3 is 5.32 Å². The number of hydrogen-bond donors (Lipinski definition) is 2. The maximum atomic E-state index is 13.8. The van der Waals surface area contributed by atoms with Crippen LogP contribution in [0.25, 0.3) is 10.1 Å². The Hall–Kier alpha value is -2.48. The van der Waals surface area contributed by atoms with Crippen LogP contribution in [0, 0.1) is 5.82 Å². The lowest BCUT2D eigenvalue weighted by Crippen LogP contribution is -2.36. The third-order valence-electron chi connectivity index (χ3n) is 4.44. The molecule has 6 nitrogen and oxygen atoms in total. The first-order valence-electron chi connectivity index (χ1n) is 7.66. The number of aromatic nitrogens is 2. The molecule has 2 N–H and O–H groups in total. The highest BCUT2D eigenvalue weighted by Gasteiger charge is 2.33. The summed E-state index contributed by atoms with van der Waals surface area (Å²) in [7, 11) is 0. The molecule has 2 aromatic heterocycles. The molecule has 1 aromatic carbocycles. The highest BCUT2D eigenvalue weighted by molar-refractivity contribution is 7.17. The monoisotopic (exact) mass is 347 g/mol. The lowest BCUT2D eigenvalue weighted by atomic mass is 10.0. The number of amides is 1. The molecule has 0 bridgehead atoms. The van der Waals surface area contributed by atoms with Crippen LogP contribution in [-0.4, -0.2) is 22.1 Å². The van der Waals surface area contributed by atoms with Gasteiger partial charge in [0.2, 0.25) is 0 Å². The van der Waals surface area contributed by atoms with Gasteiger partial charge in [-0.25, -0.2) is 9.18 Å². The van der Waals surface area contributed by atoms with Crippen LogP contribution in [0.1, 0.15) is 41.4 Å². The van der Waals surface area contributed by atoms with Crippen LogP contribution in [0.4, 0.5) is 4.39 Å². The summed E-state index contributed by atoms with van der Waals surface area (Å²) in [6.45, 7) is 0. The molecule has 1 amide bonds. The minimum Gasteiger partial charge on any atom is -0.349 e. The summed E-state index contributed by atoms with van der Waals surface area (Å²) >= 11 is 1.22. The standard InChI is InChI=1S/C16H14FN3O3S/c17-11-5-1-3-8-10(7-24-13(8)11)15(21)18-12-6-2-4-9(12)14-19-16(22)23-20-14/h1,3,5,7,9,12H,2,4,6H2,(H,18,21)(H,19,20,22). The van der Waals surface area contributed by atoms with E-state index in [2.05, 4.69) is 20.0 Å². The molecule has 3 aromatic rings. The van der Waals surface area contributed by atoms with E-state index >= 15 is 0 Å². The van der Waals surface area contributed by atoms with Crippen molar-refractivity contribution in [3.8, 4) is 0 Å². The number of fused-ring (bicyclic) bond motifs is 1. The molecule has 24 heavy (non-hydrogen) atoms. The van der Waals surface area contributed by atoms with E-state index in [9.17, 15) is 14.0 Å². The van der Waals surface area contributed by atoms with Gasteiger partial charge in [-0.15, -0.1) is 11.3 Å². The average Bonchev–Trinajstić information content (AvgIpc) is 3.26. The highest BCUT2D eigenvalue weighted by atomic mass is 32.1. The fourth-order valence-corrected chi connectivity index (χ4v) is 4.26. The summed E-state index contributed by atoms with van der Waals surface area (Å²) in [6.07, 6.45) is 2.53. The van der Waals surface area contributed by atoms with Crippen molar-refractivity contribution < 1.29 is 13.7 Å². The normalized spacial score (nSPS) is 20.5. The zero-order valence-electron chi connectivity index (χ0n) is 12.5. The van der Waals surface area contributed by atoms with Crippen molar-refractivity contribution in [3.05, 3.63) is 51.3 Å². The van der Waals surface area contributed by atoms with Gasteiger partial charge in [-0.2, -0.15) is 0 Å². The topological polar surface area (TPSA) is 88.0 Å². The van der Waals surface area contributed by atoms with Crippen LogP contribution >= 0.6 is 11.3 Å². The van der Waals surface area contributed by atoms with E-state index in [1.165, 1.54) is 17.4 Å². The molecule has 2 atom stereocenters. The average molecular weight is 347 g/mol. The van der Waals surface area contributed by atoms with Gasteiger partial charge in [0.05, 0.1) is 10.3 Å². The number of nitrogens with one attached hydrogen (secondary N) is 2. The molecule has 124 valence electrons. The number of hydrogen-bond acceptors (Lipinski definition) is 5. The second-order valence-electron chi connectivity index (χ2n) is 5.86. The number of H-pyrrole nitrogens is 1. The predicted molar refractivity (Wildman–Crippen MR) is 86.8 cm³/mol. The number of nitrogens with zero attached hydrogens (tertiary/aromatic N) is 1. The van der Waals surface area contributed by atoms with Crippen molar-refractivity contribution in [1.29, 1.82) is 0 Å². The molecule has 4 rings (SSSR count). The Morgan fingerprint density at radius 2 is 2.29 bits per heavy atom. The number of thiophene rings is 1. The lowest BCUT2D eigenvalue weighted by Gasteiger charge is -2.18. The quantitative estimate of drug-likeness (QED) is 0.762. The third-order valence-corrected chi connectivity index (χ3v) is 5.44. The minimum absolute atomic E-state index is 0.0814. The zero-order chi connectivity index (χ0) is 16.7. The molecular formula is C16H14FN3O3S. The third kappa shape index (κ3) is 2.52. The van der Waals surface area contributed by atoms with Gasteiger partial charge in [-0.05, 0) is 18.9 Å². The fourth-order valence-electron chi connectivity index (χ4n) is 3.31. The Labute approximate surface area is 139 Å². The summed E-state index contributed by atoms with van der Waals surface area (Å²) in [5.74, 6) is -0.780. The molecule has 2 unspecified atom stereocenters. The summed E-state index contributed by atoms with van der Waals surface area (Å²) in [6, 6.07) is 4.58. The van der Waals surface area contributed by atoms with Crippen LogP contribution in [0.15, 0.2) is 32.9 Å². The maximum Gasteiger partial charge on any atom is 0.438 e. The van der Waals surface area contributed by atoms with Gasteiger partial charge in [0.25, 0.3) is 5.91 Å². The Kier molecular flexibility index (Phi) is 3.68. The predicted octanol–water partition coefficient (Wildman–Crippen LogP) is 2.78. The Balaban J connectivity index is 1.58. The first-order chi connectivity index (χ1) is 11.6. The Bertz CT molecular complexity index is 961. The second-order valence-corrected chi connectivity index (χ2v) is 6.74. The van der Waals surface area contributed by atoms with Gasteiger partial charge in [0, 0.05) is 22.7 Å². The number of benzene rings is 1. The van der Waals surface area contributed by atoms with E-state index in [1.807, 2.05) is 0 Å². The van der Waals surface area contributed by atoms with Crippen molar-refractivity contribution >= 4 is 27.3 Å². The largest absolute Gasteiger partial charge is 0.438 e. The van der Waals surface area contributed by atoms with Gasteiger partial charge in [0.1, 0.15) is 5.82 Å². The summed E-state index contributed by atoms with van der Waals surface area (Å²) in [5.41, 5.74) is 0.466. The zero-order valence-corrected chi connectivity index (χ0v) is 13.4. The summed E-state index contributed by atoms with van der Waals surface area (Å²) in [4.78, 5) is 26.3. The number of carbonyl (C=O) groups excluding carboxylic acids is 1. The summed E-state index contributed by atoms with van der Waals surface area (Å²) < 4.78 is 18.8. The molecule has 0 spiro atoms. The molecule has 0 saturated heterocycles. The molecule has 1 aliphatic rings. The van der Waals surface area contributed by atoms with E-state index in [-0.39, 0.29) is 23.7 Å². The first kappa shape index (κ1) is 15.1. The number of halogens is 1. The van der Waals surface area contributed by atoms with Crippen LogP contribution < -0.4 is 11.1 Å². The van der Waals surface area contributed by atoms with Gasteiger partial charge in [-0.1, -0.05) is 23.7 Å². The maximum absolute atomic E-state index is 13.8. The fraction of sp³-hybridized carbons (Fsp3) is 0.312. The number of aromatic amines is 1. The van der Waals surface area contributed by atoms with Crippen molar-refractivity contribution in [1.82, 2.24) is 15.5 Å². The SMILES string of the molecule is O=C(NC1CCCC1c1noc(=O)[nH]1)c1csc2c(F)cccc12. The van der Waals surface area contributed by atoms with E-state index in [1.54, 1.807) is 17.5 Å². The van der Waals surface area contributed by atoms with Gasteiger partial charge in [0.15, 0.2) is 5.82 Å². The smallest absolute Gasteiger partial charge is 0.349 e. The molecule has 1 fully saturated rings. The van der Waals surface area contributed by atoms with E-state index in [0.29, 0.717) is 21.5 Å². The Morgan fingerprint density at radius 1 is 1.42 bits per heavy atom. The molecule has 1 saturated carbocycles. The van der Waals surface area contributed by atoms with Crippen molar-refractivity contribution in [2.75, 3.05) is 0 Å².